The summed E-state index contributed by atoms with van der Waals surface area (Å²) < 4.78 is 0. The van der Waals surface area contributed by atoms with Crippen molar-refractivity contribution in [3.05, 3.63) is 35.0 Å². The molecule has 3 rings (SSSR count). The Labute approximate surface area is 175 Å². The molecule has 0 spiro atoms. The summed E-state index contributed by atoms with van der Waals surface area (Å²) in [7, 11) is 2.13. The Bertz CT molecular complexity index is 845. The maximum Gasteiger partial charge on any atom is 0.228 e. The van der Waals surface area contributed by atoms with Crippen LogP contribution in [0.4, 0.5) is 10.9 Å². The lowest BCUT2D eigenvalue weighted by Gasteiger charge is -2.33. The number of rotatable bonds is 7. The van der Waals surface area contributed by atoms with Crippen LogP contribution in [-0.2, 0) is 22.6 Å². The van der Waals surface area contributed by atoms with Crippen molar-refractivity contribution in [2.24, 2.45) is 5.92 Å². The Morgan fingerprint density at radius 2 is 2.00 bits per heavy atom. The molecule has 29 heavy (non-hydrogen) atoms. The smallest absolute Gasteiger partial charge is 0.228 e. The molecule has 0 bridgehead atoms. The SMILES string of the molecule is CC(C)C(=O)Nc1nc(CC(=O)NCc2ccnc(N3CCN(C)CC3)c2)cs1. The van der Waals surface area contributed by atoms with Crippen LogP contribution in [0, 0.1) is 5.92 Å². The molecule has 0 aromatic carbocycles. The lowest BCUT2D eigenvalue weighted by molar-refractivity contribution is -0.120. The van der Waals surface area contributed by atoms with E-state index in [4.69, 9.17) is 0 Å². The van der Waals surface area contributed by atoms with Crippen LogP contribution in [0.1, 0.15) is 25.1 Å². The summed E-state index contributed by atoms with van der Waals surface area (Å²) in [5.74, 6) is 0.663. The number of thiazole rings is 1. The van der Waals surface area contributed by atoms with Gasteiger partial charge in [-0.1, -0.05) is 13.8 Å². The minimum Gasteiger partial charge on any atom is -0.354 e. The van der Waals surface area contributed by atoms with Crippen LogP contribution in [0.2, 0.25) is 0 Å². The zero-order valence-electron chi connectivity index (χ0n) is 17.1. The first-order valence-corrected chi connectivity index (χ1v) is 10.7. The molecule has 1 aliphatic heterocycles. The zero-order valence-corrected chi connectivity index (χ0v) is 18.0. The first-order valence-electron chi connectivity index (χ1n) is 9.81. The van der Waals surface area contributed by atoms with Crippen molar-refractivity contribution in [2.45, 2.75) is 26.8 Å². The molecule has 2 aromatic rings. The van der Waals surface area contributed by atoms with E-state index in [9.17, 15) is 9.59 Å². The highest BCUT2D eigenvalue weighted by atomic mass is 32.1. The zero-order chi connectivity index (χ0) is 20.8. The molecule has 0 unspecified atom stereocenters. The standard InChI is InChI=1S/C20H28N6O2S/c1-14(2)19(28)24-20-23-16(13-29-20)11-18(27)22-12-15-4-5-21-17(10-15)26-8-6-25(3)7-9-26/h4-5,10,13-14H,6-9,11-12H2,1-3H3,(H,22,27)(H,23,24,28). The van der Waals surface area contributed by atoms with Gasteiger partial charge in [-0.05, 0) is 24.7 Å². The number of nitrogens with one attached hydrogen (secondary N) is 2. The van der Waals surface area contributed by atoms with Crippen LogP contribution >= 0.6 is 11.3 Å². The van der Waals surface area contributed by atoms with E-state index in [1.807, 2.05) is 26.0 Å². The summed E-state index contributed by atoms with van der Waals surface area (Å²) in [6.07, 6.45) is 1.98. The number of carbonyl (C=O) groups is 2. The summed E-state index contributed by atoms with van der Waals surface area (Å²) in [5, 5.41) is 8.02. The van der Waals surface area contributed by atoms with Crippen molar-refractivity contribution < 1.29 is 9.59 Å². The van der Waals surface area contributed by atoms with Crippen LogP contribution in [0.5, 0.6) is 0 Å². The van der Waals surface area contributed by atoms with Gasteiger partial charge in [0.1, 0.15) is 5.82 Å². The van der Waals surface area contributed by atoms with Gasteiger partial charge in [-0.3, -0.25) is 9.59 Å². The highest BCUT2D eigenvalue weighted by Crippen LogP contribution is 2.17. The number of hydrogen-bond donors (Lipinski definition) is 2. The molecule has 9 heteroatoms. The molecule has 0 atom stereocenters. The molecule has 2 aromatic heterocycles. The van der Waals surface area contributed by atoms with Crippen LogP contribution in [0.25, 0.3) is 0 Å². The molecule has 2 amide bonds. The average molecular weight is 417 g/mol. The number of pyridine rings is 1. The average Bonchev–Trinajstić information content (AvgIpc) is 3.13. The minimum absolute atomic E-state index is 0.0795. The number of carbonyl (C=O) groups excluding carboxylic acids is 2. The van der Waals surface area contributed by atoms with Gasteiger partial charge in [-0.25, -0.2) is 9.97 Å². The normalized spacial score (nSPS) is 14.8. The van der Waals surface area contributed by atoms with Crippen LogP contribution < -0.4 is 15.5 Å². The van der Waals surface area contributed by atoms with Gasteiger partial charge in [-0.15, -0.1) is 11.3 Å². The number of nitrogens with zero attached hydrogens (tertiary/aromatic N) is 4. The van der Waals surface area contributed by atoms with E-state index in [0.717, 1.165) is 37.6 Å². The second kappa shape index (κ2) is 9.80. The Hall–Kier alpha value is -2.52. The Balaban J connectivity index is 1.49. The van der Waals surface area contributed by atoms with Gasteiger partial charge in [0.05, 0.1) is 12.1 Å². The third kappa shape index (κ3) is 6.23. The predicted octanol–water partition coefficient (Wildman–Crippen LogP) is 1.74. The summed E-state index contributed by atoms with van der Waals surface area (Å²) >= 11 is 1.33. The summed E-state index contributed by atoms with van der Waals surface area (Å²) in [4.78, 5) is 37.4. The van der Waals surface area contributed by atoms with E-state index >= 15 is 0 Å². The third-order valence-electron chi connectivity index (χ3n) is 4.77. The van der Waals surface area contributed by atoms with Crippen molar-refractivity contribution in [3.63, 3.8) is 0 Å². The third-order valence-corrected chi connectivity index (χ3v) is 5.58. The number of piperazine rings is 1. The molecule has 8 nitrogen and oxygen atoms in total. The number of likely N-dealkylation sites (N-methyl/N-ethyl adjacent to an activating group) is 1. The van der Waals surface area contributed by atoms with Gasteiger partial charge in [0.25, 0.3) is 0 Å². The Morgan fingerprint density at radius 3 is 2.72 bits per heavy atom. The molecular weight excluding hydrogens is 388 g/mol. The van der Waals surface area contributed by atoms with Crippen LogP contribution in [0.15, 0.2) is 23.7 Å². The van der Waals surface area contributed by atoms with E-state index in [1.54, 1.807) is 11.6 Å². The van der Waals surface area contributed by atoms with Crippen molar-refractivity contribution in [1.29, 1.82) is 0 Å². The largest absolute Gasteiger partial charge is 0.354 e. The van der Waals surface area contributed by atoms with Gasteiger partial charge >= 0.3 is 0 Å². The van der Waals surface area contributed by atoms with Gasteiger partial charge in [0.15, 0.2) is 5.13 Å². The summed E-state index contributed by atoms with van der Waals surface area (Å²) in [5.41, 5.74) is 1.67. The molecule has 1 aliphatic rings. The van der Waals surface area contributed by atoms with Crippen molar-refractivity contribution >= 4 is 34.1 Å². The highest BCUT2D eigenvalue weighted by Gasteiger charge is 2.16. The molecule has 0 radical (unpaired) electrons. The van der Waals surface area contributed by atoms with Crippen molar-refractivity contribution in [3.8, 4) is 0 Å². The predicted molar refractivity (Wildman–Crippen MR) is 115 cm³/mol. The highest BCUT2D eigenvalue weighted by molar-refractivity contribution is 7.13. The number of hydrogen-bond acceptors (Lipinski definition) is 7. The second-order valence-corrected chi connectivity index (χ2v) is 8.41. The van der Waals surface area contributed by atoms with Crippen molar-refractivity contribution in [1.82, 2.24) is 20.2 Å². The molecular formula is C20H28N6O2S. The van der Waals surface area contributed by atoms with Crippen LogP contribution in [-0.4, -0.2) is 59.9 Å². The van der Waals surface area contributed by atoms with Crippen LogP contribution in [0.3, 0.4) is 0 Å². The second-order valence-electron chi connectivity index (χ2n) is 7.55. The Kier molecular flexibility index (Phi) is 7.16. The Morgan fingerprint density at radius 1 is 1.24 bits per heavy atom. The molecule has 0 saturated carbocycles. The molecule has 1 fully saturated rings. The van der Waals surface area contributed by atoms with E-state index in [2.05, 4.69) is 37.4 Å². The summed E-state index contributed by atoms with van der Waals surface area (Å²) in [6.45, 7) is 8.06. The van der Waals surface area contributed by atoms with Gasteiger partial charge in [0, 0.05) is 50.2 Å². The fourth-order valence-electron chi connectivity index (χ4n) is 2.90. The first-order chi connectivity index (χ1) is 13.9. The molecule has 2 N–H and O–H groups in total. The molecule has 0 aliphatic carbocycles. The molecule has 3 heterocycles. The topological polar surface area (TPSA) is 90.5 Å². The lowest BCUT2D eigenvalue weighted by atomic mass is 10.2. The first kappa shape index (κ1) is 21.2. The fraction of sp³-hybridized carbons (Fsp3) is 0.500. The van der Waals surface area contributed by atoms with E-state index in [0.29, 0.717) is 17.4 Å². The van der Waals surface area contributed by atoms with Gasteiger partial charge in [0.2, 0.25) is 11.8 Å². The van der Waals surface area contributed by atoms with E-state index < -0.39 is 0 Å². The van der Waals surface area contributed by atoms with Crippen molar-refractivity contribution in [2.75, 3.05) is 43.4 Å². The molecule has 1 saturated heterocycles. The quantitative estimate of drug-likeness (QED) is 0.715. The van der Waals surface area contributed by atoms with E-state index in [1.165, 1.54) is 11.3 Å². The fourth-order valence-corrected chi connectivity index (χ4v) is 3.62. The van der Waals surface area contributed by atoms with E-state index in [-0.39, 0.29) is 24.2 Å². The monoisotopic (exact) mass is 416 g/mol. The number of anilines is 2. The number of amides is 2. The molecule has 156 valence electrons. The summed E-state index contributed by atoms with van der Waals surface area (Å²) in [6, 6.07) is 3.95. The lowest BCUT2D eigenvalue weighted by Crippen LogP contribution is -2.44. The maximum absolute atomic E-state index is 12.3. The number of aromatic nitrogens is 2. The van der Waals surface area contributed by atoms with Gasteiger partial charge < -0.3 is 20.4 Å². The minimum atomic E-state index is -0.109. The van der Waals surface area contributed by atoms with Gasteiger partial charge in [-0.2, -0.15) is 0 Å². The maximum atomic E-state index is 12.3.